The highest BCUT2D eigenvalue weighted by molar-refractivity contribution is 7.90. The third kappa shape index (κ3) is 3.08. The fourth-order valence-electron chi connectivity index (χ4n) is 2.00. The van der Waals surface area contributed by atoms with Gasteiger partial charge in [-0.1, -0.05) is 0 Å². The molecule has 5 nitrogen and oxygen atoms in total. The molecule has 1 aromatic rings. The van der Waals surface area contributed by atoms with Crippen LogP contribution in [-0.4, -0.2) is 32.9 Å². The number of hydrogen-bond donors (Lipinski definition) is 1. The van der Waals surface area contributed by atoms with E-state index >= 15 is 0 Å². The largest absolute Gasteiger partial charge is 0.469 e. The second-order valence-electron chi connectivity index (χ2n) is 4.17. The molecule has 1 saturated heterocycles. The Balaban J connectivity index is 1.85. The predicted octanol–water partition coefficient (Wildman–Crippen LogP) is 0.919. The Labute approximate surface area is 101 Å². The summed E-state index contributed by atoms with van der Waals surface area (Å²) < 4.78 is 36.9. The number of ether oxygens (including phenoxy) is 1. The molecule has 1 aromatic heterocycles. The van der Waals surface area contributed by atoms with E-state index in [-0.39, 0.29) is 6.10 Å². The fourth-order valence-corrected chi connectivity index (χ4v) is 3.59. The summed E-state index contributed by atoms with van der Waals surface area (Å²) in [5.74, 6) is 0.781. The molecule has 96 valence electrons. The van der Waals surface area contributed by atoms with Crippen molar-refractivity contribution in [3.63, 3.8) is 0 Å². The summed E-state index contributed by atoms with van der Waals surface area (Å²) in [6.07, 6.45) is 2.48. The van der Waals surface area contributed by atoms with E-state index in [1.54, 1.807) is 19.3 Å². The number of hydrogen-bond acceptors (Lipinski definition) is 4. The molecule has 0 aliphatic carbocycles. The Hall–Kier alpha value is -0.850. The van der Waals surface area contributed by atoms with Crippen molar-refractivity contribution in [1.29, 1.82) is 0 Å². The molecule has 0 saturated carbocycles. The van der Waals surface area contributed by atoms with E-state index in [0.29, 0.717) is 26.0 Å². The molecule has 0 unspecified atom stereocenters. The van der Waals surface area contributed by atoms with Crippen molar-refractivity contribution in [1.82, 2.24) is 4.72 Å². The van der Waals surface area contributed by atoms with Crippen LogP contribution in [0.2, 0.25) is 0 Å². The van der Waals surface area contributed by atoms with Crippen LogP contribution < -0.4 is 4.72 Å². The van der Waals surface area contributed by atoms with Gasteiger partial charge < -0.3 is 9.15 Å². The van der Waals surface area contributed by atoms with Gasteiger partial charge in [0, 0.05) is 19.6 Å². The first kappa shape index (κ1) is 12.6. The zero-order valence-corrected chi connectivity index (χ0v) is 10.6. The van der Waals surface area contributed by atoms with Gasteiger partial charge in [0.15, 0.2) is 0 Å². The van der Waals surface area contributed by atoms with Gasteiger partial charge in [0.1, 0.15) is 11.0 Å². The highest BCUT2D eigenvalue weighted by Gasteiger charge is 2.35. The van der Waals surface area contributed by atoms with E-state index in [1.165, 1.54) is 0 Å². The zero-order chi connectivity index (χ0) is 12.3. The van der Waals surface area contributed by atoms with E-state index in [1.807, 2.05) is 6.07 Å². The molecule has 1 aliphatic rings. The van der Waals surface area contributed by atoms with Crippen molar-refractivity contribution in [3.8, 4) is 0 Å². The topological polar surface area (TPSA) is 68.5 Å². The lowest BCUT2D eigenvalue weighted by atomic mass is 10.3. The molecule has 1 N–H and O–H groups in total. The zero-order valence-electron chi connectivity index (χ0n) is 9.76. The standard InChI is InChI=1S/C11H17NO4S/c1-9-11(5-8-15-9)17(13,14)12-6-4-10-3-2-7-16-10/h2-3,7,9,11-12H,4-6,8H2,1H3/t9-,11+/m1/s1. The van der Waals surface area contributed by atoms with Crippen LogP contribution in [0.3, 0.4) is 0 Å². The Morgan fingerprint density at radius 3 is 2.94 bits per heavy atom. The van der Waals surface area contributed by atoms with Gasteiger partial charge in [-0.05, 0) is 25.5 Å². The molecule has 0 spiro atoms. The van der Waals surface area contributed by atoms with Crippen LogP contribution >= 0.6 is 0 Å². The Morgan fingerprint density at radius 1 is 1.53 bits per heavy atom. The first-order chi connectivity index (χ1) is 8.09. The van der Waals surface area contributed by atoms with Crippen LogP contribution in [0.25, 0.3) is 0 Å². The quantitative estimate of drug-likeness (QED) is 0.853. The average molecular weight is 259 g/mol. The minimum Gasteiger partial charge on any atom is -0.469 e. The number of furan rings is 1. The molecule has 2 rings (SSSR count). The lowest BCUT2D eigenvalue weighted by Gasteiger charge is -2.15. The third-order valence-corrected chi connectivity index (χ3v) is 4.98. The normalized spacial score (nSPS) is 25.2. The first-order valence-corrected chi connectivity index (χ1v) is 7.27. The molecule has 0 aromatic carbocycles. The summed E-state index contributed by atoms with van der Waals surface area (Å²) in [5, 5.41) is -0.431. The molecule has 2 heterocycles. The molecule has 0 bridgehead atoms. The maximum Gasteiger partial charge on any atom is 0.217 e. The monoisotopic (exact) mass is 259 g/mol. The van der Waals surface area contributed by atoms with Gasteiger partial charge in [-0.2, -0.15) is 0 Å². The average Bonchev–Trinajstić information content (AvgIpc) is 2.88. The summed E-state index contributed by atoms with van der Waals surface area (Å²) in [5.41, 5.74) is 0. The van der Waals surface area contributed by atoms with Crippen molar-refractivity contribution in [2.24, 2.45) is 0 Å². The summed E-state index contributed by atoms with van der Waals surface area (Å²) in [4.78, 5) is 0. The molecule has 0 radical (unpaired) electrons. The lowest BCUT2D eigenvalue weighted by Crippen LogP contribution is -2.39. The van der Waals surface area contributed by atoms with Gasteiger partial charge in [-0.25, -0.2) is 13.1 Å². The van der Waals surface area contributed by atoms with Crippen LogP contribution in [0.5, 0.6) is 0 Å². The number of nitrogens with one attached hydrogen (secondary N) is 1. The van der Waals surface area contributed by atoms with Gasteiger partial charge in [-0.15, -0.1) is 0 Å². The van der Waals surface area contributed by atoms with E-state index in [9.17, 15) is 8.42 Å². The minimum absolute atomic E-state index is 0.226. The minimum atomic E-state index is -3.28. The Kier molecular flexibility index (Phi) is 3.86. The maximum absolute atomic E-state index is 11.9. The first-order valence-electron chi connectivity index (χ1n) is 5.72. The van der Waals surface area contributed by atoms with Crippen molar-refractivity contribution < 1.29 is 17.6 Å². The summed E-state index contributed by atoms with van der Waals surface area (Å²) in [6.45, 7) is 2.67. The van der Waals surface area contributed by atoms with E-state index in [4.69, 9.17) is 9.15 Å². The van der Waals surface area contributed by atoms with Crippen molar-refractivity contribution in [2.45, 2.75) is 31.1 Å². The smallest absolute Gasteiger partial charge is 0.217 e. The van der Waals surface area contributed by atoms with Crippen LogP contribution in [0.4, 0.5) is 0 Å². The van der Waals surface area contributed by atoms with Crippen LogP contribution in [0.1, 0.15) is 19.1 Å². The van der Waals surface area contributed by atoms with Gasteiger partial charge in [0.25, 0.3) is 0 Å². The predicted molar refractivity (Wildman–Crippen MR) is 63.2 cm³/mol. The lowest BCUT2D eigenvalue weighted by molar-refractivity contribution is 0.126. The van der Waals surface area contributed by atoms with Gasteiger partial charge in [0.2, 0.25) is 10.0 Å². The molecule has 17 heavy (non-hydrogen) atoms. The highest BCUT2D eigenvalue weighted by Crippen LogP contribution is 2.19. The third-order valence-electron chi connectivity index (χ3n) is 2.96. The van der Waals surface area contributed by atoms with Crippen LogP contribution in [0.15, 0.2) is 22.8 Å². The summed E-state index contributed by atoms with van der Waals surface area (Å²) in [6, 6.07) is 3.62. The van der Waals surface area contributed by atoms with Gasteiger partial charge in [0.05, 0.1) is 12.4 Å². The SMILES string of the molecule is C[C@H]1OCC[C@@H]1S(=O)(=O)NCCc1ccco1. The van der Waals surface area contributed by atoms with Crippen molar-refractivity contribution >= 4 is 10.0 Å². The van der Waals surface area contributed by atoms with E-state index < -0.39 is 15.3 Å². The molecule has 2 atom stereocenters. The number of rotatable bonds is 5. The molecule has 0 amide bonds. The highest BCUT2D eigenvalue weighted by atomic mass is 32.2. The number of sulfonamides is 1. The molecular weight excluding hydrogens is 242 g/mol. The molecule has 1 fully saturated rings. The summed E-state index contributed by atoms with van der Waals surface area (Å²) >= 11 is 0. The Bertz CT molecular complexity index is 440. The van der Waals surface area contributed by atoms with Gasteiger partial charge >= 0.3 is 0 Å². The second-order valence-corrected chi connectivity index (χ2v) is 6.16. The molecular formula is C11H17NO4S. The van der Waals surface area contributed by atoms with E-state index in [0.717, 1.165) is 5.76 Å². The molecule has 1 aliphatic heterocycles. The van der Waals surface area contributed by atoms with Crippen molar-refractivity contribution in [3.05, 3.63) is 24.2 Å². The summed E-state index contributed by atoms with van der Waals surface area (Å²) in [7, 11) is -3.28. The second kappa shape index (κ2) is 5.20. The fraction of sp³-hybridized carbons (Fsp3) is 0.636. The maximum atomic E-state index is 11.9. The van der Waals surface area contributed by atoms with Crippen LogP contribution in [-0.2, 0) is 21.2 Å². The Morgan fingerprint density at radius 2 is 2.35 bits per heavy atom. The molecule has 6 heteroatoms. The van der Waals surface area contributed by atoms with Crippen LogP contribution in [0, 0.1) is 0 Å². The van der Waals surface area contributed by atoms with Gasteiger partial charge in [-0.3, -0.25) is 0 Å². The van der Waals surface area contributed by atoms with E-state index in [2.05, 4.69) is 4.72 Å². The van der Waals surface area contributed by atoms with Crippen molar-refractivity contribution in [2.75, 3.05) is 13.2 Å².